The molecule has 0 aliphatic carbocycles. The van der Waals surface area contributed by atoms with E-state index in [0.717, 1.165) is 19.6 Å². The molecule has 56 valence electrons. The van der Waals surface area contributed by atoms with E-state index in [1.807, 2.05) is 6.92 Å². The van der Waals surface area contributed by atoms with Gasteiger partial charge in [-0.1, -0.05) is 12.0 Å². The van der Waals surface area contributed by atoms with Crippen molar-refractivity contribution in [2.45, 2.75) is 19.4 Å². The number of nitrogens with zero attached hydrogens (tertiary/aromatic N) is 3. The van der Waals surface area contributed by atoms with Crippen LogP contribution in [0, 0.1) is 5.92 Å². The predicted octanol–water partition coefficient (Wildman–Crippen LogP) is 1.72. The highest BCUT2D eigenvalue weighted by Gasteiger charge is 2.19. The molecular weight excluding hydrogens is 130 g/mol. The van der Waals surface area contributed by atoms with E-state index in [9.17, 15) is 0 Å². The molecule has 0 bridgehead atoms. The Morgan fingerprint density at radius 3 is 3.10 bits per heavy atom. The normalized spacial score (nSPS) is 32.9. The third-order valence-corrected chi connectivity index (χ3v) is 1.80. The summed E-state index contributed by atoms with van der Waals surface area (Å²) in [6.45, 7) is 3.50. The summed E-state index contributed by atoms with van der Waals surface area (Å²) in [6, 6.07) is 0.152. The highest BCUT2D eigenvalue weighted by Crippen LogP contribution is 2.16. The minimum Gasteiger partial charge on any atom is -0.381 e. The van der Waals surface area contributed by atoms with Crippen LogP contribution >= 0.6 is 0 Å². The van der Waals surface area contributed by atoms with Crippen LogP contribution in [0.4, 0.5) is 0 Å². The molecule has 0 radical (unpaired) electrons. The third-order valence-electron chi connectivity index (χ3n) is 1.80. The molecule has 1 fully saturated rings. The standard InChI is InChI=1S/C6H11N3O/c1-5-4-10-3-2-6(5)8-9-7/h5-6H,2-4H2,1H3/t5-,6?/m1/s1. The van der Waals surface area contributed by atoms with Crippen LogP contribution in [0.5, 0.6) is 0 Å². The van der Waals surface area contributed by atoms with Crippen LogP contribution in [0.25, 0.3) is 10.4 Å². The summed E-state index contributed by atoms with van der Waals surface area (Å²) in [5, 5.41) is 3.67. The number of ether oxygens (including phenoxy) is 1. The minimum absolute atomic E-state index is 0.152. The zero-order chi connectivity index (χ0) is 7.40. The lowest BCUT2D eigenvalue weighted by Crippen LogP contribution is -2.27. The summed E-state index contributed by atoms with van der Waals surface area (Å²) in [7, 11) is 0. The number of hydrogen-bond acceptors (Lipinski definition) is 2. The van der Waals surface area contributed by atoms with Gasteiger partial charge >= 0.3 is 0 Å². The topological polar surface area (TPSA) is 58.0 Å². The molecular formula is C6H11N3O. The molecule has 0 spiro atoms. The summed E-state index contributed by atoms with van der Waals surface area (Å²) in [5.41, 5.74) is 8.15. The fourth-order valence-corrected chi connectivity index (χ4v) is 1.11. The Morgan fingerprint density at radius 1 is 1.70 bits per heavy atom. The molecule has 0 saturated carbocycles. The van der Waals surface area contributed by atoms with Crippen molar-refractivity contribution >= 4 is 0 Å². The first-order valence-corrected chi connectivity index (χ1v) is 3.46. The largest absolute Gasteiger partial charge is 0.381 e. The van der Waals surface area contributed by atoms with Gasteiger partial charge in [0, 0.05) is 24.2 Å². The summed E-state index contributed by atoms with van der Waals surface area (Å²) in [6.07, 6.45) is 0.866. The van der Waals surface area contributed by atoms with Crippen molar-refractivity contribution in [2.24, 2.45) is 11.0 Å². The Hall–Kier alpha value is -0.730. The van der Waals surface area contributed by atoms with Crippen LogP contribution in [0.1, 0.15) is 13.3 Å². The van der Waals surface area contributed by atoms with Crippen molar-refractivity contribution in [1.82, 2.24) is 0 Å². The molecule has 4 nitrogen and oxygen atoms in total. The van der Waals surface area contributed by atoms with Crippen molar-refractivity contribution in [1.29, 1.82) is 0 Å². The maximum Gasteiger partial charge on any atom is 0.0495 e. The van der Waals surface area contributed by atoms with Crippen LogP contribution in [0.15, 0.2) is 5.11 Å². The maximum absolute atomic E-state index is 8.15. The molecule has 1 saturated heterocycles. The lowest BCUT2D eigenvalue weighted by molar-refractivity contribution is 0.0492. The molecule has 0 N–H and O–H groups in total. The van der Waals surface area contributed by atoms with Gasteiger partial charge in [0.2, 0.25) is 0 Å². The zero-order valence-electron chi connectivity index (χ0n) is 6.03. The average molecular weight is 141 g/mol. The quantitative estimate of drug-likeness (QED) is 0.311. The lowest BCUT2D eigenvalue weighted by Gasteiger charge is -2.24. The SMILES string of the molecule is C[C@@H]1COCCC1N=[N+]=[N-]. The Bertz CT molecular complexity index is 153. The summed E-state index contributed by atoms with van der Waals surface area (Å²) in [4.78, 5) is 2.78. The van der Waals surface area contributed by atoms with Gasteiger partial charge in [0.25, 0.3) is 0 Å². The van der Waals surface area contributed by atoms with Crippen molar-refractivity contribution in [3.8, 4) is 0 Å². The van der Waals surface area contributed by atoms with E-state index in [1.165, 1.54) is 0 Å². The zero-order valence-corrected chi connectivity index (χ0v) is 6.03. The first-order chi connectivity index (χ1) is 4.84. The van der Waals surface area contributed by atoms with Gasteiger partial charge in [-0.2, -0.15) is 0 Å². The van der Waals surface area contributed by atoms with Crippen molar-refractivity contribution in [3.63, 3.8) is 0 Å². The van der Waals surface area contributed by atoms with E-state index in [-0.39, 0.29) is 6.04 Å². The van der Waals surface area contributed by atoms with Gasteiger partial charge in [0.15, 0.2) is 0 Å². The second-order valence-electron chi connectivity index (χ2n) is 2.61. The van der Waals surface area contributed by atoms with E-state index >= 15 is 0 Å². The number of azide groups is 1. The third kappa shape index (κ3) is 1.62. The van der Waals surface area contributed by atoms with Gasteiger partial charge in [-0.25, -0.2) is 0 Å². The first-order valence-electron chi connectivity index (χ1n) is 3.46. The van der Waals surface area contributed by atoms with Crippen LogP contribution in [-0.2, 0) is 4.74 Å². The minimum atomic E-state index is 0.152. The predicted molar refractivity (Wildman–Crippen MR) is 37.5 cm³/mol. The highest BCUT2D eigenvalue weighted by molar-refractivity contribution is 4.76. The Labute approximate surface area is 59.8 Å². The van der Waals surface area contributed by atoms with Crippen LogP contribution in [-0.4, -0.2) is 19.3 Å². The van der Waals surface area contributed by atoms with Crippen LogP contribution in [0.3, 0.4) is 0 Å². The monoisotopic (exact) mass is 141 g/mol. The number of hydrogen-bond donors (Lipinski definition) is 0. The lowest BCUT2D eigenvalue weighted by atomic mass is 9.99. The average Bonchev–Trinajstić information content (AvgIpc) is 1.94. The summed E-state index contributed by atoms with van der Waals surface area (Å²) < 4.78 is 5.17. The highest BCUT2D eigenvalue weighted by atomic mass is 16.5. The van der Waals surface area contributed by atoms with Gasteiger partial charge in [-0.05, 0) is 17.9 Å². The molecule has 10 heavy (non-hydrogen) atoms. The number of rotatable bonds is 1. The fraction of sp³-hybridized carbons (Fsp3) is 1.00. The maximum atomic E-state index is 8.15. The van der Waals surface area contributed by atoms with Gasteiger partial charge in [0.05, 0.1) is 0 Å². The van der Waals surface area contributed by atoms with Crippen molar-refractivity contribution < 1.29 is 4.74 Å². The second kappa shape index (κ2) is 3.44. The Balaban J connectivity index is 2.47. The molecule has 0 aromatic rings. The smallest absolute Gasteiger partial charge is 0.0495 e. The van der Waals surface area contributed by atoms with Gasteiger partial charge in [-0.15, -0.1) is 0 Å². The molecule has 1 heterocycles. The van der Waals surface area contributed by atoms with E-state index < -0.39 is 0 Å². The van der Waals surface area contributed by atoms with Gasteiger partial charge in [-0.3, -0.25) is 0 Å². The van der Waals surface area contributed by atoms with E-state index in [2.05, 4.69) is 10.0 Å². The molecule has 2 atom stereocenters. The molecule has 1 unspecified atom stereocenters. The van der Waals surface area contributed by atoms with Gasteiger partial charge in [0.1, 0.15) is 0 Å². The Morgan fingerprint density at radius 2 is 2.50 bits per heavy atom. The molecule has 1 aliphatic rings. The second-order valence-corrected chi connectivity index (χ2v) is 2.61. The van der Waals surface area contributed by atoms with Crippen molar-refractivity contribution in [2.75, 3.05) is 13.2 Å². The first kappa shape index (κ1) is 7.38. The molecule has 4 heteroatoms. The fourth-order valence-electron chi connectivity index (χ4n) is 1.11. The molecule has 1 aliphatic heterocycles. The van der Waals surface area contributed by atoms with E-state index in [1.54, 1.807) is 0 Å². The molecule has 0 aromatic carbocycles. The van der Waals surface area contributed by atoms with Crippen molar-refractivity contribution in [3.05, 3.63) is 10.4 Å². The van der Waals surface area contributed by atoms with Crippen LogP contribution < -0.4 is 0 Å². The van der Waals surface area contributed by atoms with E-state index in [0.29, 0.717) is 5.92 Å². The molecule has 0 aromatic heterocycles. The molecule has 1 rings (SSSR count). The summed E-state index contributed by atoms with van der Waals surface area (Å²) >= 11 is 0. The Kier molecular flexibility index (Phi) is 2.54. The van der Waals surface area contributed by atoms with E-state index in [4.69, 9.17) is 10.3 Å². The van der Waals surface area contributed by atoms with Gasteiger partial charge < -0.3 is 4.74 Å². The summed E-state index contributed by atoms with van der Waals surface area (Å²) in [5.74, 6) is 0.379. The molecule has 0 amide bonds. The van der Waals surface area contributed by atoms with Crippen LogP contribution in [0.2, 0.25) is 0 Å².